The number of methoxy groups -OCH3 is 1. The fourth-order valence-electron chi connectivity index (χ4n) is 2.71. The fraction of sp³-hybridized carbons (Fsp3) is 0.467. The Morgan fingerprint density at radius 2 is 2.22 bits per heavy atom. The van der Waals surface area contributed by atoms with Crippen molar-refractivity contribution in [3.8, 4) is 0 Å². The third kappa shape index (κ3) is 3.58. The van der Waals surface area contributed by atoms with Gasteiger partial charge in [-0.15, -0.1) is 0 Å². The Labute approximate surface area is 132 Å². The molecule has 0 radical (unpaired) electrons. The van der Waals surface area contributed by atoms with E-state index in [0.29, 0.717) is 12.0 Å². The van der Waals surface area contributed by atoms with E-state index >= 15 is 0 Å². The van der Waals surface area contributed by atoms with Crippen LogP contribution in [0.2, 0.25) is 0 Å². The minimum Gasteiger partial charge on any atom is -0.466 e. The van der Waals surface area contributed by atoms with Gasteiger partial charge in [0.2, 0.25) is 0 Å². The van der Waals surface area contributed by atoms with Crippen LogP contribution in [0.15, 0.2) is 24.3 Å². The van der Waals surface area contributed by atoms with Gasteiger partial charge in [0, 0.05) is 12.1 Å². The third-order valence-corrected chi connectivity index (χ3v) is 3.91. The second kappa shape index (κ2) is 6.64. The highest BCUT2D eigenvalue weighted by molar-refractivity contribution is 5.73. The molecule has 8 heteroatoms. The SMILES string of the molecule is CCOC(=O)C[C@@H]1C[C@@]1(NC(=O)OC)c1cccc([N+](=O)[O-])c1. The van der Waals surface area contributed by atoms with Gasteiger partial charge in [0.25, 0.3) is 5.69 Å². The van der Waals surface area contributed by atoms with E-state index in [4.69, 9.17) is 4.74 Å². The maximum Gasteiger partial charge on any atom is 0.407 e. The first kappa shape index (κ1) is 16.7. The minimum absolute atomic E-state index is 0.0738. The number of non-ortho nitro benzene ring substituents is 1. The molecule has 8 nitrogen and oxygen atoms in total. The molecular weight excluding hydrogens is 304 g/mol. The monoisotopic (exact) mass is 322 g/mol. The van der Waals surface area contributed by atoms with E-state index in [-0.39, 0.29) is 30.6 Å². The van der Waals surface area contributed by atoms with Crippen LogP contribution in [0.4, 0.5) is 10.5 Å². The highest BCUT2D eigenvalue weighted by Crippen LogP contribution is 2.54. The summed E-state index contributed by atoms with van der Waals surface area (Å²) in [5.41, 5.74) is -0.340. The normalized spacial score (nSPS) is 22.1. The van der Waals surface area contributed by atoms with Gasteiger partial charge in [-0.25, -0.2) is 4.79 Å². The number of hydrogen-bond donors (Lipinski definition) is 1. The quantitative estimate of drug-likeness (QED) is 0.488. The van der Waals surface area contributed by atoms with E-state index in [2.05, 4.69) is 10.1 Å². The van der Waals surface area contributed by atoms with Crippen molar-refractivity contribution in [2.45, 2.75) is 25.3 Å². The second-order valence-electron chi connectivity index (χ2n) is 5.31. The Morgan fingerprint density at radius 1 is 1.48 bits per heavy atom. The number of esters is 1. The number of amides is 1. The number of benzene rings is 1. The van der Waals surface area contributed by atoms with Crippen molar-refractivity contribution < 1.29 is 24.0 Å². The standard InChI is InChI=1S/C15H18N2O6/c1-3-23-13(18)8-11-9-15(11,16-14(19)22-2)10-5-4-6-12(7-10)17(20)21/h4-7,11H,3,8-9H2,1-2H3,(H,16,19)/t11-,15-/m1/s1. The average Bonchev–Trinajstić information content (AvgIpc) is 3.20. The van der Waals surface area contributed by atoms with Crippen LogP contribution in [0.3, 0.4) is 0 Å². The van der Waals surface area contributed by atoms with Gasteiger partial charge in [0.15, 0.2) is 0 Å². The van der Waals surface area contributed by atoms with Crippen molar-refractivity contribution in [3.05, 3.63) is 39.9 Å². The highest BCUT2D eigenvalue weighted by Gasteiger charge is 2.57. The first-order valence-corrected chi connectivity index (χ1v) is 7.19. The summed E-state index contributed by atoms with van der Waals surface area (Å²) >= 11 is 0. The third-order valence-electron chi connectivity index (χ3n) is 3.91. The van der Waals surface area contributed by atoms with Gasteiger partial charge in [-0.3, -0.25) is 14.9 Å². The van der Waals surface area contributed by atoms with E-state index in [1.165, 1.54) is 19.2 Å². The fourth-order valence-corrected chi connectivity index (χ4v) is 2.71. The minimum atomic E-state index is -0.841. The average molecular weight is 322 g/mol. The summed E-state index contributed by atoms with van der Waals surface area (Å²) in [5, 5.41) is 13.6. The second-order valence-corrected chi connectivity index (χ2v) is 5.31. The molecule has 1 aromatic carbocycles. The lowest BCUT2D eigenvalue weighted by Crippen LogP contribution is -2.37. The van der Waals surface area contributed by atoms with Crippen LogP contribution in [0.25, 0.3) is 0 Å². The molecule has 0 bridgehead atoms. The van der Waals surface area contributed by atoms with Gasteiger partial charge in [0.05, 0.1) is 30.6 Å². The molecule has 23 heavy (non-hydrogen) atoms. The summed E-state index contributed by atoms with van der Waals surface area (Å²) in [6.07, 6.45) is -0.0364. The first-order chi connectivity index (χ1) is 10.9. The Kier molecular flexibility index (Phi) is 4.83. The number of nitrogens with zero attached hydrogens (tertiary/aromatic N) is 1. The molecule has 2 atom stereocenters. The topological polar surface area (TPSA) is 108 Å². The van der Waals surface area contributed by atoms with Crippen LogP contribution in [0.1, 0.15) is 25.3 Å². The molecule has 0 heterocycles. The summed E-state index contributed by atoms with van der Waals surface area (Å²) in [6.45, 7) is 1.99. The predicted molar refractivity (Wildman–Crippen MR) is 79.7 cm³/mol. The van der Waals surface area contributed by atoms with Crippen LogP contribution in [0, 0.1) is 16.0 Å². The molecule has 2 rings (SSSR count). The number of nitro benzene ring substituents is 1. The van der Waals surface area contributed by atoms with Crippen LogP contribution in [0.5, 0.6) is 0 Å². The molecule has 0 aliphatic heterocycles. The molecule has 1 amide bonds. The Morgan fingerprint density at radius 3 is 2.83 bits per heavy atom. The highest BCUT2D eigenvalue weighted by atomic mass is 16.6. The summed E-state index contributed by atoms with van der Waals surface area (Å²) in [7, 11) is 1.24. The number of hydrogen-bond acceptors (Lipinski definition) is 6. The smallest absolute Gasteiger partial charge is 0.407 e. The Balaban J connectivity index is 2.26. The largest absolute Gasteiger partial charge is 0.466 e. The van der Waals surface area contributed by atoms with Gasteiger partial charge in [-0.05, 0) is 24.8 Å². The Bertz CT molecular complexity index is 632. The molecule has 0 aromatic heterocycles. The van der Waals surface area contributed by atoms with E-state index < -0.39 is 16.6 Å². The summed E-state index contributed by atoms with van der Waals surface area (Å²) in [6, 6.07) is 6.02. The molecular formula is C15H18N2O6. The zero-order chi connectivity index (χ0) is 17.0. The van der Waals surface area contributed by atoms with Crippen molar-refractivity contribution >= 4 is 17.7 Å². The van der Waals surface area contributed by atoms with Crippen molar-refractivity contribution in [2.24, 2.45) is 5.92 Å². The lowest BCUT2D eigenvalue weighted by Gasteiger charge is -2.19. The number of carbonyl (C=O) groups is 2. The van der Waals surface area contributed by atoms with Gasteiger partial charge >= 0.3 is 12.1 Å². The van der Waals surface area contributed by atoms with Crippen LogP contribution in [-0.2, 0) is 19.8 Å². The molecule has 0 saturated heterocycles. The molecule has 124 valence electrons. The molecule has 1 aliphatic carbocycles. The van der Waals surface area contributed by atoms with Gasteiger partial charge < -0.3 is 14.8 Å². The van der Waals surface area contributed by atoms with E-state index in [1.807, 2.05) is 0 Å². The van der Waals surface area contributed by atoms with E-state index in [9.17, 15) is 19.7 Å². The van der Waals surface area contributed by atoms with E-state index in [1.54, 1.807) is 19.1 Å². The molecule has 1 aliphatic rings. The summed E-state index contributed by atoms with van der Waals surface area (Å²) < 4.78 is 9.55. The molecule has 0 unspecified atom stereocenters. The number of ether oxygens (including phenoxy) is 2. The predicted octanol–water partition coefficient (Wildman–Crippen LogP) is 2.12. The summed E-state index contributed by atoms with van der Waals surface area (Å²) in [5.74, 6) is -0.556. The number of nitro groups is 1. The van der Waals surface area contributed by atoms with Crippen molar-refractivity contribution in [3.63, 3.8) is 0 Å². The number of rotatable bonds is 6. The lowest BCUT2D eigenvalue weighted by atomic mass is 10.0. The summed E-state index contributed by atoms with van der Waals surface area (Å²) in [4.78, 5) is 33.7. The Hall–Kier alpha value is -2.64. The number of alkyl carbamates (subject to hydrolysis) is 1. The molecule has 1 saturated carbocycles. The molecule has 1 aromatic rings. The van der Waals surface area contributed by atoms with Crippen molar-refractivity contribution in [2.75, 3.05) is 13.7 Å². The molecule has 0 spiro atoms. The van der Waals surface area contributed by atoms with Gasteiger partial charge in [-0.1, -0.05) is 12.1 Å². The zero-order valence-corrected chi connectivity index (χ0v) is 12.9. The maximum atomic E-state index is 11.7. The van der Waals surface area contributed by atoms with Gasteiger partial charge in [-0.2, -0.15) is 0 Å². The zero-order valence-electron chi connectivity index (χ0n) is 12.9. The number of nitrogens with one attached hydrogen (secondary N) is 1. The molecule has 1 N–H and O–H groups in total. The first-order valence-electron chi connectivity index (χ1n) is 7.19. The van der Waals surface area contributed by atoms with Crippen LogP contribution >= 0.6 is 0 Å². The van der Waals surface area contributed by atoms with E-state index in [0.717, 1.165) is 0 Å². The lowest BCUT2D eigenvalue weighted by molar-refractivity contribution is -0.385. The number of carbonyl (C=O) groups excluding carboxylic acids is 2. The molecule has 1 fully saturated rings. The maximum absolute atomic E-state index is 11.7. The van der Waals surface area contributed by atoms with Crippen LogP contribution < -0.4 is 5.32 Å². The van der Waals surface area contributed by atoms with Crippen molar-refractivity contribution in [1.82, 2.24) is 5.32 Å². The van der Waals surface area contributed by atoms with Crippen molar-refractivity contribution in [1.29, 1.82) is 0 Å². The van der Waals surface area contributed by atoms with Crippen LogP contribution in [-0.4, -0.2) is 30.7 Å². The van der Waals surface area contributed by atoms with Gasteiger partial charge in [0.1, 0.15) is 0 Å².